The Morgan fingerprint density at radius 1 is 1.12 bits per heavy atom. The lowest BCUT2D eigenvalue weighted by Gasteiger charge is -2.04. The quantitative estimate of drug-likeness (QED) is 0.763. The summed E-state index contributed by atoms with van der Waals surface area (Å²) in [7, 11) is 0. The fourth-order valence-electron chi connectivity index (χ4n) is 1.39. The zero-order valence-corrected chi connectivity index (χ0v) is 9.75. The number of nitrogens with one attached hydrogen (secondary N) is 1. The molecule has 0 bridgehead atoms. The lowest BCUT2D eigenvalue weighted by atomic mass is 10.1. The number of carbonyl (C=O) groups excluding carboxylic acids is 2. The summed E-state index contributed by atoms with van der Waals surface area (Å²) in [4.78, 5) is 21.6. The number of Topliss-reactive ketones (excluding diaryl/α,β-unsaturated/α-hetero) is 1. The second-order valence-electron chi connectivity index (χ2n) is 3.73. The minimum atomic E-state index is -0.509. The Kier molecular flexibility index (Phi) is 4.70. The molecule has 16 heavy (non-hydrogen) atoms. The molecule has 1 rings (SSSR count). The molecule has 1 aromatic rings. The summed E-state index contributed by atoms with van der Waals surface area (Å²) < 4.78 is 0. The van der Waals surface area contributed by atoms with Crippen LogP contribution in [0.2, 0.25) is 0 Å². The van der Waals surface area contributed by atoms with Crippen LogP contribution in [0, 0.1) is 0 Å². The molecule has 0 fully saturated rings. The molecule has 0 radical (unpaired) electrons. The smallest absolute Gasteiger partial charge is 0.287 e. The summed E-state index contributed by atoms with van der Waals surface area (Å²) in [5.41, 5.74) is 2.47. The molecular formula is C13H17NO2. The molecule has 0 saturated heterocycles. The Hall–Kier alpha value is -1.64. The molecule has 0 unspecified atom stereocenters. The summed E-state index contributed by atoms with van der Waals surface area (Å²) in [5, 5.41) is 2.57. The van der Waals surface area contributed by atoms with Gasteiger partial charge in [0, 0.05) is 13.5 Å². The van der Waals surface area contributed by atoms with E-state index in [1.165, 1.54) is 18.1 Å². The van der Waals surface area contributed by atoms with Gasteiger partial charge in [0.05, 0.1) is 0 Å². The van der Waals surface area contributed by atoms with Gasteiger partial charge in [-0.1, -0.05) is 31.2 Å². The zero-order valence-electron chi connectivity index (χ0n) is 9.75. The standard InChI is InChI=1S/C13H17NO2/c1-3-11-4-6-12(7-5-11)8-9-14-13(16)10(2)15/h4-7H,3,8-9H2,1-2H3,(H,14,16). The Bertz CT molecular complexity index is 368. The number of carbonyl (C=O) groups is 2. The number of ketones is 1. The molecule has 86 valence electrons. The third-order valence-corrected chi connectivity index (χ3v) is 2.45. The second kappa shape index (κ2) is 6.05. The van der Waals surface area contributed by atoms with Gasteiger partial charge in [0.15, 0.2) is 0 Å². The Labute approximate surface area is 95.9 Å². The van der Waals surface area contributed by atoms with Crippen LogP contribution >= 0.6 is 0 Å². The Balaban J connectivity index is 2.37. The Morgan fingerprint density at radius 2 is 1.69 bits per heavy atom. The van der Waals surface area contributed by atoms with Crippen molar-refractivity contribution in [1.82, 2.24) is 5.32 Å². The van der Waals surface area contributed by atoms with Gasteiger partial charge in [-0.05, 0) is 24.0 Å². The highest BCUT2D eigenvalue weighted by molar-refractivity contribution is 6.35. The summed E-state index contributed by atoms with van der Waals surface area (Å²) >= 11 is 0. The van der Waals surface area contributed by atoms with Crippen molar-refractivity contribution in [2.45, 2.75) is 26.7 Å². The van der Waals surface area contributed by atoms with Gasteiger partial charge in [0.2, 0.25) is 5.78 Å². The predicted molar refractivity (Wildman–Crippen MR) is 63.2 cm³/mol. The molecule has 1 N–H and O–H groups in total. The van der Waals surface area contributed by atoms with Gasteiger partial charge in [-0.2, -0.15) is 0 Å². The van der Waals surface area contributed by atoms with E-state index in [1.54, 1.807) is 0 Å². The van der Waals surface area contributed by atoms with Gasteiger partial charge in [-0.25, -0.2) is 0 Å². The topological polar surface area (TPSA) is 46.2 Å². The summed E-state index contributed by atoms with van der Waals surface area (Å²) in [6.45, 7) is 3.89. The van der Waals surface area contributed by atoms with Crippen LogP contribution in [0.25, 0.3) is 0 Å². The largest absolute Gasteiger partial charge is 0.349 e. The predicted octanol–water partition coefficient (Wildman–Crippen LogP) is 1.50. The number of hydrogen-bond donors (Lipinski definition) is 1. The number of aryl methyl sites for hydroxylation is 1. The van der Waals surface area contributed by atoms with Crippen molar-refractivity contribution in [1.29, 1.82) is 0 Å². The minimum Gasteiger partial charge on any atom is -0.349 e. The molecule has 0 heterocycles. The highest BCUT2D eigenvalue weighted by Gasteiger charge is 2.05. The van der Waals surface area contributed by atoms with E-state index in [1.807, 2.05) is 0 Å². The monoisotopic (exact) mass is 219 g/mol. The molecule has 1 amide bonds. The first-order valence-electron chi connectivity index (χ1n) is 5.50. The van der Waals surface area contributed by atoms with Crippen molar-refractivity contribution < 1.29 is 9.59 Å². The average molecular weight is 219 g/mol. The fraction of sp³-hybridized carbons (Fsp3) is 0.385. The maximum atomic E-state index is 11.0. The van der Waals surface area contributed by atoms with Crippen molar-refractivity contribution in [3.05, 3.63) is 35.4 Å². The van der Waals surface area contributed by atoms with E-state index in [2.05, 4.69) is 36.5 Å². The number of rotatable bonds is 5. The maximum Gasteiger partial charge on any atom is 0.287 e. The second-order valence-corrected chi connectivity index (χ2v) is 3.73. The van der Waals surface area contributed by atoms with Gasteiger partial charge in [0.25, 0.3) is 5.91 Å². The van der Waals surface area contributed by atoms with Gasteiger partial charge in [-0.15, -0.1) is 0 Å². The fourth-order valence-corrected chi connectivity index (χ4v) is 1.39. The van der Waals surface area contributed by atoms with E-state index in [0.717, 1.165) is 12.8 Å². The number of amides is 1. The van der Waals surface area contributed by atoms with Crippen molar-refractivity contribution in [3.8, 4) is 0 Å². The van der Waals surface area contributed by atoms with Gasteiger partial charge in [-0.3, -0.25) is 9.59 Å². The molecule has 0 aliphatic rings. The van der Waals surface area contributed by atoms with E-state index >= 15 is 0 Å². The van der Waals surface area contributed by atoms with Crippen LogP contribution in [0.4, 0.5) is 0 Å². The summed E-state index contributed by atoms with van der Waals surface area (Å²) in [6.07, 6.45) is 1.78. The van der Waals surface area contributed by atoms with Gasteiger partial charge in [0.1, 0.15) is 0 Å². The van der Waals surface area contributed by atoms with E-state index in [4.69, 9.17) is 0 Å². The lowest BCUT2D eigenvalue weighted by molar-refractivity contribution is -0.136. The van der Waals surface area contributed by atoms with E-state index < -0.39 is 11.7 Å². The normalized spacial score (nSPS) is 9.88. The molecule has 0 spiro atoms. The molecule has 1 aromatic carbocycles. The van der Waals surface area contributed by atoms with Crippen LogP contribution < -0.4 is 5.32 Å². The van der Waals surface area contributed by atoms with Crippen molar-refractivity contribution >= 4 is 11.7 Å². The molecule has 0 aromatic heterocycles. The molecule has 0 aliphatic carbocycles. The van der Waals surface area contributed by atoms with E-state index in [0.29, 0.717) is 6.54 Å². The molecule has 3 heteroatoms. The first-order valence-corrected chi connectivity index (χ1v) is 5.50. The van der Waals surface area contributed by atoms with Crippen molar-refractivity contribution in [3.63, 3.8) is 0 Å². The number of benzene rings is 1. The number of hydrogen-bond acceptors (Lipinski definition) is 2. The summed E-state index contributed by atoms with van der Waals surface area (Å²) in [5.74, 6) is -0.952. The highest BCUT2D eigenvalue weighted by Crippen LogP contribution is 2.05. The highest BCUT2D eigenvalue weighted by atomic mass is 16.2. The van der Waals surface area contributed by atoms with Crippen molar-refractivity contribution in [2.75, 3.05) is 6.54 Å². The Morgan fingerprint density at radius 3 is 2.19 bits per heavy atom. The van der Waals surface area contributed by atoms with Gasteiger partial charge >= 0.3 is 0 Å². The average Bonchev–Trinajstić information content (AvgIpc) is 2.29. The van der Waals surface area contributed by atoms with Crippen LogP contribution in [-0.2, 0) is 22.4 Å². The van der Waals surface area contributed by atoms with Gasteiger partial charge < -0.3 is 5.32 Å². The third kappa shape index (κ3) is 3.85. The van der Waals surface area contributed by atoms with Crippen LogP contribution in [0.5, 0.6) is 0 Å². The molecule has 3 nitrogen and oxygen atoms in total. The lowest BCUT2D eigenvalue weighted by Crippen LogP contribution is -2.30. The first-order chi connectivity index (χ1) is 7.63. The molecule has 0 atom stereocenters. The SMILES string of the molecule is CCc1ccc(CCNC(=O)C(C)=O)cc1. The third-order valence-electron chi connectivity index (χ3n) is 2.45. The van der Waals surface area contributed by atoms with E-state index in [9.17, 15) is 9.59 Å². The summed E-state index contributed by atoms with van der Waals surface area (Å²) in [6, 6.07) is 8.28. The van der Waals surface area contributed by atoms with E-state index in [-0.39, 0.29) is 0 Å². The molecule has 0 saturated carbocycles. The molecular weight excluding hydrogens is 202 g/mol. The van der Waals surface area contributed by atoms with Crippen LogP contribution in [0.3, 0.4) is 0 Å². The van der Waals surface area contributed by atoms with Crippen LogP contribution in [0.15, 0.2) is 24.3 Å². The molecule has 0 aliphatic heterocycles. The van der Waals surface area contributed by atoms with Crippen LogP contribution in [0.1, 0.15) is 25.0 Å². The minimum absolute atomic E-state index is 0.443. The van der Waals surface area contributed by atoms with Crippen molar-refractivity contribution in [2.24, 2.45) is 0 Å². The first kappa shape index (κ1) is 12.4. The zero-order chi connectivity index (χ0) is 12.0. The maximum absolute atomic E-state index is 11.0. The van der Waals surface area contributed by atoms with Crippen LogP contribution in [-0.4, -0.2) is 18.2 Å².